The van der Waals surface area contributed by atoms with Gasteiger partial charge >= 0.3 is 0 Å². The molecule has 1 atom stereocenters. The molecule has 0 fully saturated rings. The zero-order valence-electron chi connectivity index (χ0n) is 11.4. The van der Waals surface area contributed by atoms with Gasteiger partial charge in [0.2, 0.25) is 0 Å². The molecule has 0 saturated heterocycles. The van der Waals surface area contributed by atoms with Gasteiger partial charge in [0, 0.05) is 5.56 Å². The highest BCUT2D eigenvalue weighted by Crippen LogP contribution is 2.32. The second-order valence-electron chi connectivity index (χ2n) is 4.40. The van der Waals surface area contributed by atoms with Crippen molar-refractivity contribution in [3.05, 3.63) is 63.1 Å². The van der Waals surface area contributed by atoms with Crippen molar-refractivity contribution in [3.63, 3.8) is 0 Å². The van der Waals surface area contributed by atoms with Crippen LogP contribution in [0.25, 0.3) is 0 Å². The van der Waals surface area contributed by atoms with Crippen LogP contribution in [-0.2, 0) is 0 Å². The first-order valence-electron chi connectivity index (χ1n) is 6.13. The zero-order chi connectivity index (χ0) is 15.6. The lowest BCUT2D eigenvalue weighted by atomic mass is 9.98. The summed E-state index contributed by atoms with van der Waals surface area (Å²) in [5.74, 6) is -0.798. The Morgan fingerprint density at radius 2 is 1.76 bits per heavy atom. The summed E-state index contributed by atoms with van der Waals surface area (Å²) in [6.07, 6.45) is 0. The third-order valence-electron chi connectivity index (χ3n) is 3.15. The zero-order valence-corrected chi connectivity index (χ0v) is 12.9. The van der Waals surface area contributed by atoms with Crippen LogP contribution in [0.3, 0.4) is 0 Å². The molecule has 0 spiro atoms. The highest BCUT2D eigenvalue weighted by atomic mass is 35.5. The molecule has 0 aromatic heterocycles. The second-order valence-corrected chi connectivity index (χ2v) is 5.22. The summed E-state index contributed by atoms with van der Waals surface area (Å²) >= 11 is 11.5. The number of rotatable bonds is 4. The maximum atomic E-state index is 14.1. The van der Waals surface area contributed by atoms with Gasteiger partial charge in [0.25, 0.3) is 0 Å². The van der Waals surface area contributed by atoms with Crippen molar-refractivity contribution in [2.45, 2.75) is 6.04 Å². The third-order valence-corrected chi connectivity index (χ3v) is 3.75. The van der Waals surface area contributed by atoms with E-state index >= 15 is 0 Å². The molecule has 6 heteroatoms. The van der Waals surface area contributed by atoms with Crippen molar-refractivity contribution in [2.75, 3.05) is 14.2 Å². The van der Waals surface area contributed by atoms with E-state index in [0.29, 0.717) is 16.3 Å². The normalized spacial score (nSPS) is 12.3. The summed E-state index contributed by atoms with van der Waals surface area (Å²) in [5, 5.41) is 3.14. The summed E-state index contributed by atoms with van der Waals surface area (Å²) in [6.45, 7) is 0. The van der Waals surface area contributed by atoms with E-state index in [-0.39, 0.29) is 10.6 Å². The van der Waals surface area contributed by atoms with E-state index < -0.39 is 17.7 Å². The van der Waals surface area contributed by atoms with Gasteiger partial charge in [-0.1, -0.05) is 29.3 Å². The number of halogens is 4. The molecule has 2 aromatic carbocycles. The maximum absolute atomic E-state index is 14.1. The highest BCUT2D eigenvalue weighted by Gasteiger charge is 2.20. The van der Waals surface area contributed by atoms with Crippen LogP contribution in [0.2, 0.25) is 10.0 Å². The molecule has 2 rings (SSSR count). The van der Waals surface area contributed by atoms with Crippen LogP contribution in [0.4, 0.5) is 8.78 Å². The Labute approximate surface area is 131 Å². The van der Waals surface area contributed by atoms with Crippen LogP contribution in [0.15, 0.2) is 30.3 Å². The van der Waals surface area contributed by atoms with E-state index in [1.54, 1.807) is 25.2 Å². The molecular weight excluding hydrogens is 319 g/mol. The molecular formula is C15H13Cl2F2NO. The molecule has 1 unspecified atom stereocenters. The summed E-state index contributed by atoms with van der Waals surface area (Å²) in [4.78, 5) is 0. The van der Waals surface area contributed by atoms with Crippen LogP contribution < -0.4 is 10.1 Å². The predicted octanol–water partition coefficient (Wildman–Crippen LogP) is 4.59. The molecule has 112 valence electrons. The summed E-state index contributed by atoms with van der Waals surface area (Å²) in [7, 11) is 3.14. The molecule has 2 aromatic rings. The van der Waals surface area contributed by atoms with Crippen LogP contribution in [0.5, 0.6) is 5.75 Å². The maximum Gasteiger partial charge on any atom is 0.142 e. The van der Waals surface area contributed by atoms with Crippen molar-refractivity contribution in [1.29, 1.82) is 0 Å². The van der Waals surface area contributed by atoms with Crippen molar-refractivity contribution in [3.8, 4) is 5.75 Å². The van der Waals surface area contributed by atoms with Gasteiger partial charge in [-0.25, -0.2) is 8.78 Å². The standard InChI is InChI=1S/C15H13Cl2F2NO/c1-20-15(8-3-4-10(16)14(5-8)21-2)9-6-13(19)11(17)7-12(9)18/h3-7,15,20H,1-2H3. The van der Waals surface area contributed by atoms with Crippen LogP contribution in [0.1, 0.15) is 17.2 Å². The third kappa shape index (κ3) is 3.28. The van der Waals surface area contributed by atoms with E-state index in [0.717, 1.165) is 12.1 Å². The Morgan fingerprint density at radius 1 is 1.05 bits per heavy atom. The van der Waals surface area contributed by atoms with E-state index in [2.05, 4.69) is 5.32 Å². The number of nitrogens with one attached hydrogen (secondary N) is 1. The van der Waals surface area contributed by atoms with Crippen LogP contribution >= 0.6 is 23.2 Å². The lowest BCUT2D eigenvalue weighted by Crippen LogP contribution is -2.19. The predicted molar refractivity (Wildman–Crippen MR) is 80.3 cm³/mol. The molecule has 0 saturated carbocycles. The molecule has 2 nitrogen and oxygen atoms in total. The first-order chi connectivity index (χ1) is 9.97. The van der Waals surface area contributed by atoms with E-state index in [4.69, 9.17) is 27.9 Å². The summed E-state index contributed by atoms with van der Waals surface area (Å²) in [5.41, 5.74) is 0.850. The quantitative estimate of drug-likeness (QED) is 0.827. The molecule has 0 bridgehead atoms. The van der Waals surface area contributed by atoms with Crippen molar-refractivity contribution >= 4 is 23.2 Å². The smallest absolute Gasteiger partial charge is 0.142 e. The minimum absolute atomic E-state index is 0.156. The van der Waals surface area contributed by atoms with Gasteiger partial charge in [-0.15, -0.1) is 0 Å². The number of hydrogen-bond acceptors (Lipinski definition) is 2. The van der Waals surface area contributed by atoms with Crippen LogP contribution in [0, 0.1) is 11.6 Å². The highest BCUT2D eigenvalue weighted by molar-refractivity contribution is 6.32. The molecule has 0 aliphatic carbocycles. The molecule has 21 heavy (non-hydrogen) atoms. The van der Waals surface area contributed by atoms with Crippen LogP contribution in [-0.4, -0.2) is 14.2 Å². The van der Waals surface area contributed by atoms with Gasteiger partial charge in [0.1, 0.15) is 17.4 Å². The Bertz CT molecular complexity index is 664. The number of hydrogen-bond donors (Lipinski definition) is 1. The van der Waals surface area contributed by atoms with Crippen molar-refractivity contribution in [2.24, 2.45) is 0 Å². The first-order valence-corrected chi connectivity index (χ1v) is 6.88. The van der Waals surface area contributed by atoms with Gasteiger partial charge in [0.05, 0.1) is 23.2 Å². The first kappa shape index (κ1) is 16.0. The SMILES string of the molecule is CNC(c1ccc(Cl)c(OC)c1)c1cc(F)c(Cl)cc1F. The molecule has 0 heterocycles. The van der Waals surface area contributed by atoms with Gasteiger partial charge < -0.3 is 10.1 Å². The second kappa shape index (κ2) is 6.60. The topological polar surface area (TPSA) is 21.3 Å². The molecule has 0 aliphatic rings. The number of benzene rings is 2. The van der Waals surface area contributed by atoms with Gasteiger partial charge in [-0.3, -0.25) is 0 Å². The minimum Gasteiger partial charge on any atom is -0.495 e. The molecule has 0 aliphatic heterocycles. The lowest BCUT2D eigenvalue weighted by molar-refractivity contribution is 0.414. The summed E-state index contributed by atoms with van der Waals surface area (Å²) < 4.78 is 32.8. The van der Waals surface area contributed by atoms with Crippen molar-refractivity contribution < 1.29 is 13.5 Å². The largest absolute Gasteiger partial charge is 0.495 e. The fraction of sp³-hybridized carbons (Fsp3) is 0.200. The van der Waals surface area contributed by atoms with Crippen molar-refractivity contribution in [1.82, 2.24) is 5.32 Å². The Morgan fingerprint density at radius 3 is 2.38 bits per heavy atom. The fourth-order valence-electron chi connectivity index (χ4n) is 2.12. The molecule has 0 radical (unpaired) electrons. The van der Waals surface area contributed by atoms with Gasteiger partial charge in [0.15, 0.2) is 0 Å². The van der Waals surface area contributed by atoms with E-state index in [1.807, 2.05) is 0 Å². The molecule has 0 amide bonds. The average molecular weight is 332 g/mol. The van der Waals surface area contributed by atoms with E-state index in [9.17, 15) is 8.78 Å². The fourth-order valence-corrected chi connectivity index (χ4v) is 2.46. The molecule has 1 N–H and O–H groups in total. The monoisotopic (exact) mass is 331 g/mol. The van der Waals surface area contributed by atoms with E-state index in [1.165, 1.54) is 7.11 Å². The average Bonchev–Trinajstić information content (AvgIpc) is 2.46. The minimum atomic E-state index is -0.672. The Kier molecular flexibility index (Phi) is 5.04. The Balaban J connectivity index is 2.52. The lowest BCUT2D eigenvalue weighted by Gasteiger charge is -2.19. The Hall–Kier alpha value is -1.36. The van der Waals surface area contributed by atoms with Gasteiger partial charge in [-0.05, 0) is 36.9 Å². The number of methoxy groups -OCH3 is 1. The summed E-state index contributed by atoms with van der Waals surface area (Å²) in [6, 6.07) is 6.53. The number of ether oxygens (including phenoxy) is 1. The van der Waals surface area contributed by atoms with Gasteiger partial charge in [-0.2, -0.15) is 0 Å².